The number of ether oxygens (including phenoxy) is 2. The predicted octanol–water partition coefficient (Wildman–Crippen LogP) is 3.78. The molecule has 0 fully saturated rings. The normalized spacial score (nSPS) is 13.2. The number of nitrogens with zero attached hydrogens (tertiary/aromatic N) is 3. The summed E-state index contributed by atoms with van der Waals surface area (Å²) in [5, 5.41) is 7.63. The van der Waals surface area contributed by atoms with Gasteiger partial charge in [-0.05, 0) is 52.7 Å². The number of thiophene rings is 1. The topological polar surface area (TPSA) is 103 Å². The summed E-state index contributed by atoms with van der Waals surface area (Å²) in [5.74, 6) is -0.877. The molecule has 0 saturated carbocycles. The molecule has 9 nitrogen and oxygen atoms in total. The van der Waals surface area contributed by atoms with Gasteiger partial charge in [0.15, 0.2) is 5.69 Å². The fraction of sp³-hybridized carbons (Fsp3) is 0.524. The molecule has 2 aromatic heterocycles. The van der Waals surface area contributed by atoms with E-state index in [9.17, 15) is 14.4 Å². The molecule has 1 N–H and O–H groups in total. The highest BCUT2D eigenvalue weighted by Gasteiger charge is 2.32. The molecule has 0 radical (unpaired) electrons. The van der Waals surface area contributed by atoms with Gasteiger partial charge in [0.2, 0.25) is 0 Å². The van der Waals surface area contributed by atoms with Crippen molar-refractivity contribution in [2.45, 2.75) is 53.6 Å². The Morgan fingerprint density at radius 3 is 2.55 bits per heavy atom. The first-order valence-electron chi connectivity index (χ1n) is 10.4. The average molecular weight is 449 g/mol. The quantitative estimate of drug-likeness (QED) is 0.675. The lowest BCUT2D eigenvalue weighted by Gasteiger charge is -2.26. The number of amides is 2. The predicted molar refractivity (Wildman–Crippen MR) is 117 cm³/mol. The summed E-state index contributed by atoms with van der Waals surface area (Å²) in [6, 6.07) is 1.84. The molecular formula is C21H28N4O5S. The second-order valence-corrected chi connectivity index (χ2v) is 8.57. The Bertz CT molecular complexity index is 994. The van der Waals surface area contributed by atoms with Gasteiger partial charge in [0.1, 0.15) is 5.00 Å². The van der Waals surface area contributed by atoms with E-state index in [4.69, 9.17) is 9.47 Å². The van der Waals surface area contributed by atoms with E-state index in [1.54, 1.807) is 29.5 Å². The van der Waals surface area contributed by atoms with Crippen molar-refractivity contribution in [1.29, 1.82) is 0 Å². The van der Waals surface area contributed by atoms with E-state index in [2.05, 4.69) is 10.4 Å². The molecule has 1 aliphatic rings. The molecule has 0 aliphatic carbocycles. The van der Waals surface area contributed by atoms with E-state index in [0.29, 0.717) is 36.7 Å². The lowest BCUT2D eigenvalue weighted by molar-refractivity contribution is 0.0526. The van der Waals surface area contributed by atoms with Crippen molar-refractivity contribution in [3.8, 4) is 0 Å². The van der Waals surface area contributed by atoms with Gasteiger partial charge >= 0.3 is 12.1 Å². The first kappa shape index (κ1) is 22.8. The zero-order valence-electron chi connectivity index (χ0n) is 18.5. The van der Waals surface area contributed by atoms with Crippen LogP contribution in [0.15, 0.2) is 6.07 Å². The number of fused-ring (bicyclic) bond motifs is 1. The van der Waals surface area contributed by atoms with Crippen LogP contribution in [-0.4, -0.2) is 52.4 Å². The molecule has 2 amide bonds. The van der Waals surface area contributed by atoms with Crippen LogP contribution in [0.1, 0.15) is 70.7 Å². The molecule has 3 rings (SSSR count). The zero-order valence-corrected chi connectivity index (χ0v) is 19.3. The van der Waals surface area contributed by atoms with Crippen LogP contribution in [0.25, 0.3) is 0 Å². The molecule has 3 heterocycles. The molecule has 10 heteroatoms. The van der Waals surface area contributed by atoms with Crippen molar-refractivity contribution in [1.82, 2.24) is 14.7 Å². The third-order valence-corrected chi connectivity index (χ3v) is 6.07. The van der Waals surface area contributed by atoms with Gasteiger partial charge in [0.05, 0.1) is 25.3 Å². The Balaban J connectivity index is 1.91. The van der Waals surface area contributed by atoms with Crippen LogP contribution >= 0.6 is 11.3 Å². The van der Waals surface area contributed by atoms with Gasteiger partial charge in [-0.15, -0.1) is 11.3 Å². The van der Waals surface area contributed by atoms with Crippen molar-refractivity contribution in [3.05, 3.63) is 33.5 Å². The van der Waals surface area contributed by atoms with Crippen molar-refractivity contribution >= 4 is 34.3 Å². The average Bonchev–Trinajstić information content (AvgIpc) is 3.28. The van der Waals surface area contributed by atoms with E-state index >= 15 is 0 Å². The first-order valence-corrected chi connectivity index (χ1v) is 11.2. The summed E-state index contributed by atoms with van der Waals surface area (Å²) < 4.78 is 12.1. The lowest BCUT2D eigenvalue weighted by atomic mass is 10.0. The van der Waals surface area contributed by atoms with Crippen molar-refractivity contribution in [3.63, 3.8) is 0 Å². The summed E-state index contributed by atoms with van der Waals surface area (Å²) in [6.07, 6.45) is 0.0926. The molecule has 0 spiro atoms. The minimum Gasteiger partial charge on any atom is -0.462 e. The third-order valence-electron chi connectivity index (χ3n) is 4.93. The minimum atomic E-state index is -0.483. The summed E-state index contributed by atoms with van der Waals surface area (Å²) >= 11 is 1.28. The van der Waals surface area contributed by atoms with E-state index in [1.165, 1.54) is 11.3 Å². The maximum Gasteiger partial charge on any atom is 0.410 e. The minimum absolute atomic E-state index is 0.125. The fourth-order valence-corrected chi connectivity index (χ4v) is 4.82. The Morgan fingerprint density at radius 1 is 1.23 bits per heavy atom. The third kappa shape index (κ3) is 4.73. The molecule has 31 heavy (non-hydrogen) atoms. The summed E-state index contributed by atoms with van der Waals surface area (Å²) in [6.45, 7) is 10.6. The summed E-state index contributed by atoms with van der Waals surface area (Å²) in [7, 11) is 0. The highest BCUT2D eigenvalue weighted by Crippen LogP contribution is 2.38. The van der Waals surface area contributed by atoms with Crippen LogP contribution in [0.5, 0.6) is 0 Å². The lowest BCUT2D eigenvalue weighted by Crippen LogP contribution is -2.36. The number of hydrogen-bond donors (Lipinski definition) is 1. The number of carbonyl (C=O) groups excluding carboxylic acids is 3. The molecule has 0 bridgehead atoms. The Labute approximate surface area is 185 Å². The molecule has 0 aromatic carbocycles. The SMILES string of the molecule is CCOC(=O)c1c(NC(=O)c2cc(C)n(C(C)C)n2)sc2c1CCN(C(=O)OCC)C2. The van der Waals surface area contributed by atoms with Crippen LogP contribution < -0.4 is 5.32 Å². The van der Waals surface area contributed by atoms with Crippen LogP contribution in [0.2, 0.25) is 0 Å². The molecule has 2 aromatic rings. The van der Waals surface area contributed by atoms with Gasteiger partial charge in [-0.3, -0.25) is 9.48 Å². The molecule has 0 atom stereocenters. The molecule has 1 aliphatic heterocycles. The largest absolute Gasteiger partial charge is 0.462 e. The van der Waals surface area contributed by atoms with Gasteiger partial charge in [-0.25, -0.2) is 9.59 Å². The summed E-state index contributed by atoms with van der Waals surface area (Å²) in [4.78, 5) is 40.1. The van der Waals surface area contributed by atoms with E-state index in [-0.39, 0.29) is 24.4 Å². The molecule has 0 saturated heterocycles. The number of nitrogens with one attached hydrogen (secondary N) is 1. The number of rotatable bonds is 6. The smallest absolute Gasteiger partial charge is 0.410 e. The second-order valence-electron chi connectivity index (χ2n) is 7.46. The Kier molecular flexibility index (Phi) is 6.99. The van der Waals surface area contributed by atoms with Gasteiger partial charge in [0.25, 0.3) is 5.91 Å². The number of anilines is 1. The monoisotopic (exact) mass is 448 g/mol. The fourth-order valence-electron chi connectivity index (χ4n) is 3.57. The number of aryl methyl sites for hydroxylation is 1. The zero-order chi connectivity index (χ0) is 22.7. The maximum absolute atomic E-state index is 12.9. The Hall–Kier alpha value is -2.88. The maximum atomic E-state index is 12.9. The van der Waals surface area contributed by atoms with Gasteiger partial charge in [-0.1, -0.05) is 0 Å². The molecule has 0 unspecified atom stereocenters. The van der Waals surface area contributed by atoms with Gasteiger partial charge < -0.3 is 19.7 Å². The van der Waals surface area contributed by atoms with E-state index < -0.39 is 11.9 Å². The van der Waals surface area contributed by atoms with Crippen molar-refractivity contribution < 1.29 is 23.9 Å². The number of hydrogen-bond acceptors (Lipinski definition) is 7. The van der Waals surface area contributed by atoms with E-state index in [1.807, 2.05) is 20.8 Å². The summed E-state index contributed by atoms with van der Waals surface area (Å²) in [5.41, 5.74) is 2.32. The number of carbonyl (C=O) groups is 3. The van der Waals surface area contributed by atoms with Crippen LogP contribution in [-0.2, 0) is 22.4 Å². The molecule has 168 valence electrons. The van der Waals surface area contributed by atoms with Crippen LogP contribution in [0.4, 0.5) is 9.80 Å². The van der Waals surface area contributed by atoms with Crippen LogP contribution in [0, 0.1) is 6.92 Å². The highest BCUT2D eigenvalue weighted by molar-refractivity contribution is 7.17. The standard InChI is InChI=1S/C21H28N4O5S/c1-6-29-20(27)17-14-8-9-24(21(28)30-7-2)11-16(14)31-19(17)22-18(26)15-10-13(5)25(23-15)12(3)4/h10,12H,6-9,11H2,1-5H3,(H,22,26). The van der Waals surface area contributed by atoms with Crippen LogP contribution in [0.3, 0.4) is 0 Å². The highest BCUT2D eigenvalue weighted by atomic mass is 32.1. The van der Waals surface area contributed by atoms with Gasteiger partial charge in [0, 0.05) is 23.2 Å². The van der Waals surface area contributed by atoms with Crippen molar-refractivity contribution in [2.24, 2.45) is 0 Å². The van der Waals surface area contributed by atoms with Crippen molar-refractivity contribution in [2.75, 3.05) is 25.1 Å². The van der Waals surface area contributed by atoms with Gasteiger partial charge in [-0.2, -0.15) is 5.10 Å². The molecular weight excluding hydrogens is 420 g/mol. The Morgan fingerprint density at radius 2 is 1.94 bits per heavy atom. The second kappa shape index (κ2) is 9.51. The van der Waals surface area contributed by atoms with E-state index in [0.717, 1.165) is 16.1 Å². The number of aromatic nitrogens is 2. The number of esters is 1. The first-order chi connectivity index (χ1) is 14.8.